The maximum atomic E-state index is 12.7. The van der Waals surface area contributed by atoms with Crippen LogP contribution >= 0.6 is 23.1 Å². The molecule has 1 N–H and O–H groups in total. The van der Waals surface area contributed by atoms with Gasteiger partial charge in [-0.25, -0.2) is 4.79 Å². The minimum atomic E-state index is -0.485. The van der Waals surface area contributed by atoms with E-state index in [4.69, 9.17) is 4.74 Å². The van der Waals surface area contributed by atoms with Gasteiger partial charge >= 0.3 is 5.97 Å². The molecule has 2 heterocycles. The SMILES string of the molecule is CCN=C1S[C@@H](CC(=O)Nc2sc3c(c2C(=O)OC)CCCC3)C(=O)N1CC. The Kier molecular flexibility index (Phi) is 6.77. The van der Waals surface area contributed by atoms with E-state index >= 15 is 0 Å². The van der Waals surface area contributed by atoms with Crippen LogP contribution < -0.4 is 5.32 Å². The molecule has 1 saturated heterocycles. The first-order valence-electron chi connectivity index (χ1n) is 9.55. The normalized spacial score (nSPS) is 20.4. The molecule has 1 aromatic rings. The molecule has 28 heavy (non-hydrogen) atoms. The Morgan fingerprint density at radius 1 is 1.29 bits per heavy atom. The van der Waals surface area contributed by atoms with Crippen LogP contribution in [-0.2, 0) is 27.2 Å². The number of hydrogen-bond donors (Lipinski definition) is 1. The van der Waals surface area contributed by atoms with Gasteiger partial charge in [0.1, 0.15) is 10.3 Å². The Morgan fingerprint density at radius 2 is 2.04 bits per heavy atom. The molecule has 2 amide bonds. The van der Waals surface area contributed by atoms with Gasteiger partial charge in [0.2, 0.25) is 11.8 Å². The smallest absolute Gasteiger partial charge is 0.341 e. The highest BCUT2D eigenvalue weighted by Gasteiger charge is 2.38. The van der Waals surface area contributed by atoms with Crippen molar-refractivity contribution in [2.24, 2.45) is 4.99 Å². The summed E-state index contributed by atoms with van der Waals surface area (Å²) in [6.07, 6.45) is 3.90. The maximum absolute atomic E-state index is 12.7. The van der Waals surface area contributed by atoms with Crippen molar-refractivity contribution in [2.45, 2.75) is 51.2 Å². The Labute approximate surface area is 172 Å². The van der Waals surface area contributed by atoms with Crippen LogP contribution in [0.5, 0.6) is 0 Å². The standard InChI is InChI=1S/C19H25N3O4S2/c1-4-20-19-22(5-2)17(24)13(28-19)10-14(23)21-16-15(18(25)26-3)11-8-6-7-9-12(11)27-16/h13H,4-10H2,1-3H3,(H,21,23)/t13-/m0/s1. The van der Waals surface area contributed by atoms with Crippen molar-refractivity contribution in [2.75, 3.05) is 25.5 Å². The van der Waals surface area contributed by atoms with Gasteiger partial charge in [-0.1, -0.05) is 11.8 Å². The van der Waals surface area contributed by atoms with Crippen LogP contribution in [0.25, 0.3) is 0 Å². The minimum Gasteiger partial charge on any atom is -0.465 e. The molecule has 1 aromatic heterocycles. The van der Waals surface area contributed by atoms with Gasteiger partial charge in [0.05, 0.1) is 12.7 Å². The number of fused-ring (bicyclic) bond motifs is 1. The molecule has 1 atom stereocenters. The zero-order chi connectivity index (χ0) is 20.3. The first-order chi connectivity index (χ1) is 13.5. The molecule has 152 valence electrons. The highest BCUT2D eigenvalue weighted by Crippen LogP contribution is 2.39. The molecule has 2 aliphatic rings. The summed E-state index contributed by atoms with van der Waals surface area (Å²) in [7, 11) is 1.35. The maximum Gasteiger partial charge on any atom is 0.341 e. The number of thiophene rings is 1. The van der Waals surface area contributed by atoms with E-state index < -0.39 is 11.2 Å². The Bertz CT molecular complexity index is 818. The average molecular weight is 424 g/mol. The van der Waals surface area contributed by atoms with E-state index in [2.05, 4.69) is 10.3 Å². The van der Waals surface area contributed by atoms with Crippen molar-refractivity contribution < 1.29 is 19.1 Å². The number of rotatable bonds is 6. The monoisotopic (exact) mass is 423 g/mol. The largest absolute Gasteiger partial charge is 0.465 e. The summed E-state index contributed by atoms with van der Waals surface area (Å²) < 4.78 is 4.94. The number of aliphatic imine (C=N–C) groups is 1. The number of aryl methyl sites for hydroxylation is 1. The third kappa shape index (κ3) is 4.10. The molecule has 0 radical (unpaired) electrons. The molecule has 9 heteroatoms. The van der Waals surface area contributed by atoms with Gasteiger partial charge in [0, 0.05) is 24.4 Å². The quantitative estimate of drug-likeness (QED) is 0.711. The van der Waals surface area contributed by atoms with Crippen molar-refractivity contribution in [3.05, 3.63) is 16.0 Å². The molecule has 1 aliphatic heterocycles. The van der Waals surface area contributed by atoms with Gasteiger partial charge in [-0.3, -0.25) is 19.5 Å². The summed E-state index contributed by atoms with van der Waals surface area (Å²) in [5, 5.41) is 3.59. The number of esters is 1. The van der Waals surface area contributed by atoms with Gasteiger partial charge in [-0.05, 0) is 45.1 Å². The van der Waals surface area contributed by atoms with E-state index in [9.17, 15) is 14.4 Å². The van der Waals surface area contributed by atoms with Crippen LogP contribution in [0.2, 0.25) is 0 Å². The molecule has 0 aromatic carbocycles. The zero-order valence-corrected chi connectivity index (χ0v) is 18.0. The van der Waals surface area contributed by atoms with Crippen molar-refractivity contribution in [1.29, 1.82) is 0 Å². The molecule has 3 rings (SSSR count). The van der Waals surface area contributed by atoms with E-state index in [1.54, 1.807) is 4.90 Å². The Morgan fingerprint density at radius 3 is 2.71 bits per heavy atom. The van der Waals surface area contributed by atoms with E-state index in [1.165, 1.54) is 30.2 Å². The van der Waals surface area contributed by atoms with Crippen LogP contribution in [0.3, 0.4) is 0 Å². The van der Waals surface area contributed by atoms with E-state index in [1.807, 2.05) is 13.8 Å². The summed E-state index contributed by atoms with van der Waals surface area (Å²) in [4.78, 5) is 44.6. The summed E-state index contributed by atoms with van der Waals surface area (Å²) in [5.74, 6) is -0.785. The number of amides is 2. The number of anilines is 1. The van der Waals surface area contributed by atoms with Crippen molar-refractivity contribution >= 4 is 51.1 Å². The molecule has 1 aliphatic carbocycles. The minimum absolute atomic E-state index is 0.0475. The van der Waals surface area contributed by atoms with Crippen LogP contribution in [0.1, 0.15) is 53.9 Å². The van der Waals surface area contributed by atoms with E-state index in [-0.39, 0.29) is 18.2 Å². The third-order valence-corrected chi connectivity index (χ3v) is 7.23. The predicted octanol–water partition coefficient (Wildman–Crippen LogP) is 3.08. The number of thioether (sulfide) groups is 1. The second-order valence-electron chi connectivity index (χ2n) is 6.60. The van der Waals surface area contributed by atoms with Crippen LogP contribution in [0.4, 0.5) is 5.00 Å². The van der Waals surface area contributed by atoms with E-state index in [0.29, 0.717) is 28.8 Å². The number of methoxy groups -OCH3 is 1. The highest BCUT2D eigenvalue weighted by atomic mass is 32.2. The van der Waals surface area contributed by atoms with Gasteiger partial charge in [-0.2, -0.15) is 0 Å². The molecule has 0 spiro atoms. The molecule has 0 bridgehead atoms. The summed E-state index contributed by atoms with van der Waals surface area (Å²) >= 11 is 2.78. The molecule has 0 saturated carbocycles. The molecular formula is C19H25N3O4S2. The number of amidine groups is 1. The molecule has 0 unspecified atom stereocenters. The van der Waals surface area contributed by atoms with Crippen molar-refractivity contribution in [3.8, 4) is 0 Å². The van der Waals surface area contributed by atoms with Crippen LogP contribution in [-0.4, -0.2) is 53.3 Å². The summed E-state index contributed by atoms with van der Waals surface area (Å²) in [5.41, 5.74) is 1.48. The Balaban J connectivity index is 1.75. The van der Waals surface area contributed by atoms with Gasteiger partial charge in [0.15, 0.2) is 5.17 Å². The lowest BCUT2D eigenvalue weighted by Gasteiger charge is -2.13. The van der Waals surface area contributed by atoms with Crippen LogP contribution in [0.15, 0.2) is 4.99 Å². The molecule has 7 nitrogen and oxygen atoms in total. The predicted molar refractivity (Wildman–Crippen MR) is 112 cm³/mol. The lowest BCUT2D eigenvalue weighted by molar-refractivity contribution is -0.128. The molecule has 1 fully saturated rings. The first kappa shape index (κ1) is 20.9. The third-order valence-electron chi connectivity index (χ3n) is 4.81. The number of carbonyl (C=O) groups is 3. The first-order valence-corrected chi connectivity index (χ1v) is 11.2. The Hall–Kier alpha value is -1.87. The fraction of sp³-hybridized carbons (Fsp3) is 0.579. The lowest BCUT2D eigenvalue weighted by Crippen LogP contribution is -2.33. The topological polar surface area (TPSA) is 88.1 Å². The zero-order valence-electron chi connectivity index (χ0n) is 16.4. The number of carbonyl (C=O) groups excluding carboxylic acids is 3. The number of nitrogens with zero attached hydrogens (tertiary/aromatic N) is 2. The van der Waals surface area contributed by atoms with Gasteiger partial charge < -0.3 is 10.1 Å². The number of hydrogen-bond acceptors (Lipinski definition) is 7. The van der Waals surface area contributed by atoms with Gasteiger partial charge in [-0.15, -0.1) is 11.3 Å². The van der Waals surface area contributed by atoms with E-state index in [0.717, 1.165) is 36.1 Å². The number of nitrogens with one attached hydrogen (secondary N) is 1. The summed E-state index contributed by atoms with van der Waals surface area (Å²) in [6, 6.07) is 0. The highest BCUT2D eigenvalue weighted by molar-refractivity contribution is 8.15. The summed E-state index contributed by atoms with van der Waals surface area (Å²) in [6.45, 7) is 4.94. The molecular weight excluding hydrogens is 398 g/mol. The lowest BCUT2D eigenvalue weighted by atomic mass is 9.95. The van der Waals surface area contributed by atoms with Gasteiger partial charge in [0.25, 0.3) is 0 Å². The van der Waals surface area contributed by atoms with Crippen molar-refractivity contribution in [1.82, 2.24) is 4.90 Å². The number of ether oxygens (including phenoxy) is 1. The fourth-order valence-corrected chi connectivity index (χ4v) is 6.07. The second kappa shape index (κ2) is 9.09. The van der Waals surface area contributed by atoms with Crippen LogP contribution in [0, 0.1) is 0 Å². The van der Waals surface area contributed by atoms with Crippen molar-refractivity contribution in [3.63, 3.8) is 0 Å². The fourth-order valence-electron chi connectivity index (χ4n) is 3.51. The average Bonchev–Trinajstić information content (AvgIpc) is 3.18. The second-order valence-corrected chi connectivity index (χ2v) is 8.88.